The second-order valence-corrected chi connectivity index (χ2v) is 7.81. The van der Waals surface area contributed by atoms with Crippen molar-refractivity contribution in [3.63, 3.8) is 0 Å². The number of hydrogen-bond donors (Lipinski definition) is 1. The van der Waals surface area contributed by atoms with E-state index in [-0.39, 0.29) is 11.2 Å². The molecule has 0 aliphatic carbocycles. The van der Waals surface area contributed by atoms with E-state index in [1.807, 2.05) is 24.4 Å². The Morgan fingerprint density at radius 1 is 1.35 bits per heavy atom. The topological polar surface area (TPSA) is 32.9 Å². The van der Waals surface area contributed by atoms with Gasteiger partial charge in [-0.3, -0.25) is 4.79 Å². The van der Waals surface area contributed by atoms with Gasteiger partial charge in [-0.05, 0) is 36.0 Å². The molecule has 0 saturated carbocycles. The minimum absolute atomic E-state index is 0.228. The highest BCUT2D eigenvalue weighted by Gasteiger charge is 2.20. The summed E-state index contributed by atoms with van der Waals surface area (Å²) in [6.07, 6.45) is 3.50. The number of nitrogens with one attached hydrogen (secondary N) is 1. The van der Waals surface area contributed by atoms with Gasteiger partial charge in [-0.1, -0.05) is 43.6 Å². The van der Waals surface area contributed by atoms with Gasteiger partial charge in [0, 0.05) is 33.6 Å². The zero-order valence-corrected chi connectivity index (χ0v) is 14.2. The molecule has 0 aliphatic heterocycles. The summed E-state index contributed by atoms with van der Waals surface area (Å²) in [5.74, 6) is 0.630. The van der Waals surface area contributed by atoms with Crippen LogP contribution in [-0.2, 0) is 0 Å². The summed E-state index contributed by atoms with van der Waals surface area (Å²) >= 11 is 3.47. The molecule has 0 bridgehead atoms. The van der Waals surface area contributed by atoms with Crippen LogP contribution in [0.4, 0.5) is 0 Å². The number of halogens is 1. The van der Waals surface area contributed by atoms with Crippen LogP contribution in [0.2, 0.25) is 0 Å². The highest BCUT2D eigenvalue weighted by molar-refractivity contribution is 9.10. The molecule has 108 valence electrons. The zero-order valence-electron chi connectivity index (χ0n) is 12.6. The first-order valence-electron chi connectivity index (χ1n) is 7.06. The van der Waals surface area contributed by atoms with Gasteiger partial charge in [0.15, 0.2) is 5.78 Å². The Bertz CT molecular complexity index is 621. The molecule has 3 heteroatoms. The smallest absolute Gasteiger partial charge is 0.165 e. The predicted octanol–water partition coefficient (Wildman–Crippen LogP) is 5.58. The highest BCUT2D eigenvalue weighted by Crippen LogP contribution is 2.29. The molecule has 20 heavy (non-hydrogen) atoms. The van der Waals surface area contributed by atoms with Crippen molar-refractivity contribution in [3.05, 3.63) is 34.4 Å². The minimum Gasteiger partial charge on any atom is -0.360 e. The van der Waals surface area contributed by atoms with Gasteiger partial charge in [0.1, 0.15) is 0 Å². The summed E-state index contributed by atoms with van der Waals surface area (Å²) < 4.78 is 1.00. The van der Waals surface area contributed by atoms with E-state index in [0.29, 0.717) is 12.3 Å². The fourth-order valence-corrected chi connectivity index (χ4v) is 3.23. The quantitative estimate of drug-likeness (QED) is 0.727. The van der Waals surface area contributed by atoms with Gasteiger partial charge in [0.25, 0.3) is 0 Å². The summed E-state index contributed by atoms with van der Waals surface area (Å²) in [6.45, 7) is 8.82. The number of aromatic nitrogens is 1. The Morgan fingerprint density at radius 2 is 2.05 bits per heavy atom. The summed E-state index contributed by atoms with van der Waals surface area (Å²) in [6, 6.07) is 5.98. The molecular formula is C17H22BrNO. The Morgan fingerprint density at radius 3 is 2.70 bits per heavy atom. The second kappa shape index (κ2) is 5.72. The van der Waals surface area contributed by atoms with Crippen molar-refractivity contribution in [3.8, 4) is 0 Å². The lowest BCUT2D eigenvalue weighted by atomic mass is 9.83. The van der Waals surface area contributed by atoms with Crippen LogP contribution in [0.1, 0.15) is 50.9 Å². The van der Waals surface area contributed by atoms with E-state index >= 15 is 0 Å². The minimum atomic E-state index is 0.228. The molecule has 2 aromatic rings. The molecule has 0 spiro atoms. The maximum atomic E-state index is 12.5. The third kappa shape index (κ3) is 3.72. The van der Waals surface area contributed by atoms with Gasteiger partial charge >= 0.3 is 0 Å². The van der Waals surface area contributed by atoms with Crippen LogP contribution in [0, 0.1) is 11.3 Å². The van der Waals surface area contributed by atoms with E-state index in [2.05, 4.69) is 48.6 Å². The zero-order chi connectivity index (χ0) is 14.9. The lowest BCUT2D eigenvalue weighted by Crippen LogP contribution is -2.14. The van der Waals surface area contributed by atoms with E-state index in [0.717, 1.165) is 27.4 Å². The van der Waals surface area contributed by atoms with Crippen molar-refractivity contribution in [1.82, 2.24) is 4.98 Å². The lowest BCUT2D eigenvalue weighted by molar-refractivity contribution is 0.0956. The number of hydrogen-bond acceptors (Lipinski definition) is 1. The average molecular weight is 336 g/mol. The van der Waals surface area contributed by atoms with E-state index in [1.54, 1.807) is 0 Å². The van der Waals surface area contributed by atoms with E-state index in [1.165, 1.54) is 0 Å². The second-order valence-electron chi connectivity index (χ2n) is 6.89. The van der Waals surface area contributed by atoms with Crippen LogP contribution in [0.5, 0.6) is 0 Å². The number of benzene rings is 1. The fraction of sp³-hybridized carbons (Fsp3) is 0.471. The van der Waals surface area contributed by atoms with Crippen LogP contribution < -0.4 is 0 Å². The molecule has 2 rings (SSSR count). The van der Waals surface area contributed by atoms with Crippen LogP contribution in [0.3, 0.4) is 0 Å². The van der Waals surface area contributed by atoms with Crippen molar-refractivity contribution in [2.75, 3.05) is 0 Å². The van der Waals surface area contributed by atoms with Crippen molar-refractivity contribution in [1.29, 1.82) is 0 Å². The number of aromatic amines is 1. The molecule has 1 atom stereocenters. The van der Waals surface area contributed by atoms with Crippen LogP contribution in [0.15, 0.2) is 28.9 Å². The number of H-pyrrole nitrogens is 1. The predicted molar refractivity (Wildman–Crippen MR) is 88.2 cm³/mol. The molecule has 1 N–H and O–H groups in total. The molecule has 1 aromatic carbocycles. The molecule has 0 saturated heterocycles. The molecule has 0 aliphatic rings. The molecule has 1 heterocycles. The van der Waals surface area contributed by atoms with Crippen LogP contribution in [0.25, 0.3) is 10.9 Å². The normalized spacial score (nSPS) is 13.7. The third-order valence-electron chi connectivity index (χ3n) is 3.44. The molecule has 0 amide bonds. The van der Waals surface area contributed by atoms with Gasteiger partial charge in [0.2, 0.25) is 0 Å². The van der Waals surface area contributed by atoms with Crippen LogP contribution in [-0.4, -0.2) is 10.8 Å². The Labute approximate surface area is 129 Å². The number of rotatable bonds is 4. The Kier molecular flexibility index (Phi) is 4.38. The monoisotopic (exact) mass is 335 g/mol. The average Bonchev–Trinajstić information content (AvgIpc) is 2.68. The van der Waals surface area contributed by atoms with Gasteiger partial charge in [-0.2, -0.15) is 0 Å². The molecule has 0 radical (unpaired) electrons. The molecule has 1 unspecified atom stereocenters. The van der Waals surface area contributed by atoms with Crippen LogP contribution >= 0.6 is 15.9 Å². The van der Waals surface area contributed by atoms with E-state index in [9.17, 15) is 4.79 Å². The van der Waals surface area contributed by atoms with Crippen molar-refractivity contribution in [2.45, 2.75) is 40.5 Å². The summed E-state index contributed by atoms with van der Waals surface area (Å²) in [5.41, 5.74) is 2.09. The SMILES string of the molecule is CC(CC(=O)c1c[nH]c2ccc(Br)cc12)CC(C)(C)C. The molecular weight excluding hydrogens is 314 g/mol. The van der Waals surface area contributed by atoms with Gasteiger partial charge in [0.05, 0.1) is 0 Å². The van der Waals surface area contributed by atoms with E-state index in [4.69, 9.17) is 0 Å². The number of carbonyl (C=O) groups is 1. The van der Waals surface area contributed by atoms with Gasteiger partial charge in [-0.25, -0.2) is 0 Å². The summed E-state index contributed by atoms with van der Waals surface area (Å²) in [5, 5.41) is 1.01. The molecule has 2 nitrogen and oxygen atoms in total. The first-order valence-corrected chi connectivity index (χ1v) is 7.85. The lowest BCUT2D eigenvalue weighted by Gasteiger charge is -2.22. The molecule has 0 fully saturated rings. The Balaban J connectivity index is 2.17. The maximum Gasteiger partial charge on any atom is 0.165 e. The number of Topliss-reactive ketones (excluding diaryl/α,β-unsaturated/α-hetero) is 1. The maximum absolute atomic E-state index is 12.5. The fourth-order valence-electron chi connectivity index (χ4n) is 2.87. The highest BCUT2D eigenvalue weighted by atomic mass is 79.9. The number of fused-ring (bicyclic) bond motifs is 1. The number of ketones is 1. The standard InChI is InChI=1S/C17H22BrNO/c1-11(9-17(2,3)4)7-16(20)14-10-19-15-6-5-12(18)8-13(14)15/h5-6,8,10-11,19H,7,9H2,1-4H3. The van der Waals surface area contributed by atoms with Gasteiger partial charge in [-0.15, -0.1) is 0 Å². The largest absolute Gasteiger partial charge is 0.360 e. The first-order chi connectivity index (χ1) is 9.26. The summed E-state index contributed by atoms with van der Waals surface area (Å²) in [4.78, 5) is 15.7. The van der Waals surface area contributed by atoms with Crippen molar-refractivity contribution >= 4 is 32.6 Å². The van der Waals surface area contributed by atoms with Gasteiger partial charge < -0.3 is 4.98 Å². The van der Waals surface area contributed by atoms with E-state index < -0.39 is 0 Å². The van der Waals surface area contributed by atoms with Crippen molar-refractivity contribution < 1.29 is 4.79 Å². The Hall–Kier alpha value is -1.09. The number of carbonyl (C=O) groups excluding carboxylic acids is 1. The van der Waals surface area contributed by atoms with Crippen molar-refractivity contribution in [2.24, 2.45) is 11.3 Å². The third-order valence-corrected chi connectivity index (χ3v) is 3.93. The summed E-state index contributed by atoms with van der Waals surface area (Å²) in [7, 11) is 0. The first kappa shape index (κ1) is 15.3. The molecule has 1 aromatic heterocycles.